The van der Waals surface area contributed by atoms with Crippen LogP contribution in [0.15, 0.2) is 30.3 Å². The van der Waals surface area contributed by atoms with Crippen molar-refractivity contribution >= 4 is 46.1 Å². The van der Waals surface area contributed by atoms with Gasteiger partial charge in [-0.25, -0.2) is 8.51 Å². The maximum Gasteiger partial charge on any atom is 0.444 e. The van der Waals surface area contributed by atoms with Crippen LogP contribution in [0.3, 0.4) is 0 Å². The van der Waals surface area contributed by atoms with E-state index < -0.39 is 54.8 Å². The lowest BCUT2D eigenvalue weighted by atomic mass is 10.3. The minimum atomic E-state index is -5.15. The van der Waals surface area contributed by atoms with Gasteiger partial charge in [-0.2, -0.15) is 26.3 Å². The molecule has 0 aromatic heterocycles. The Hall–Kier alpha value is -0.880. The van der Waals surface area contributed by atoms with Gasteiger partial charge in [0.2, 0.25) is 0 Å². The lowest BCUT2D eigenvalue weighted by Crippen LogP contribution is -2.65. The first-order valence-corrected chi connectivity index (χ1v) is 8.06. The van der Waals surface area contributed by atoms with E-state index >= 15 is 0 Å². The number of alkyl halides is 6. The summed E-state index contributed by atoms with van der Waals surface area (Å²) in [5, 5.41) is 0. The van der Waals surface area contributed by atoms with Crippen LogP contribution < -0.4 is 4.31 Å². The van der Waals surface area contributed by atoms with Crippen LogP contribution in [0.5, 0.6) is 0 Å². The van der Waals surface area contributed by atoms with E-state index in [4.69, 9.17) is 0 Å². The number of amides is 1. The van der Waals surface area contributed by atoms with E-state index in [1.165, 1.54) is 30.3 Å². The summed E-state index contributed by atoms with van der Waals surface area (Å²) in [6.07, 6.45) is 0. The molecule has 1 aromatic rings. The van der Waals surface area contributed by atoms with Crippen molar-refractivity contribution in [1.29, 1.82) is 0 Å². The smallest absolute Gasteiger partial charge is 0.270 e. The largest absolute Gasteiger partial charge is 0.444 e. The molecule has 122 valence electrons. The first kappa shape index (κ1) is 17.5. The molecule has 1 saturated heterocycles. The van der Waals surface area contributed by atoms with Crippen molar-refractivity contribution in [3.05, 3.63) is 30.3 Å². The van der Waals surface area contributed by atoms with Gasteiger partial charge in [-0.15, -0.1) is 0 Å². The van der Waals surface area contributed by atoms with Gasteiger partial charge in [0, 0.05) is 0 Å². The van der Waals surface area contributed by atoms with Gasteiger partial charge in [0.05, 0.1) is 5.69 Å². The Labute approximate surface area is 131 Å². The molecule has 0 bridgehead atoms. The second-order valence-corrected chi connectivity index (χ2v) is 8.65. The zero-order valence-corrected chi connectivity index (χ0v) is 12.6. The van der Waals surface area contributed by atoms with Gasteiger partial charge >= 0.3 is 11.0 Å². The van der Waals surface area contributed by atoms with Gasteiger partial charge in [0.1, 0.15) is 0 Å². The zero-order chi connectivity index (χ0) is 16.8. The van der Waals surface area contributed by atoms with Gasteiger partial charge < -0.3 is 0 Å². The Morgan fingerprint density at radius 3 is 1.77 bits per heavy atom. The number of hydrogen-bond acceptors (Lipinski definition) is 4. The highest BCUT2D eigenvalue weighted by molar-refractivity contribution is 8.33. The Balaban J connectivity index is 2.37. The third-order valence-electron chi connectivity index (χ3n) is 2.33. The van der Waals surface area contributed by atoms with Gasteiger partial charge in [-0.05, 0) is 35.7 Å². The Kier molecular flexibility index (Phi) is 4.48. The SMILES string of the molecule is O=C1N(c2ccccc2)S(=O)C1(SC(F)(F)F)SC(F)(F)F. The molecule has 3 nitrogen and oxygen atoms in total. The van der Waals surface area contributed by atoms with Crippen LogP contribution in [0.25, 0.3) is 0 Å². The standard InChI is InChI=1S/C10H5F6NO2S3/c11-9(12,13)20-8(21-10(14,15)16)7(18)17(22(8)19)6-4-2-1-3-5-6/h1-5H. The van der Waals surface area contributed by atoms with Crippen molar-refractivity contribution in [2.24, 2.45) is 0 Å². The number of nitrogens with zero attached hydrogens (tertiary/aromatic N) is 1. The molecule has 1 heterocycles. The topological polar surface area (TPSA) is 37.4 Å². The van der Waals surface area contributed by atoms with E-state index in [2.05, 4.69) is 0 Å². The molecule has 0 spiro atoms. The molecule has 1 amide bonds. The van der Waals surface area contributed by atoms with Crippen molar-refractivity contribution < 1.29 is 35.3 Å². The van der Waals surface area contributed by atoms with Crippen LogP contribution in [0.2, 0.25) is 0 Å². The Bertz CT molecular complexity index is 569. The molecule has 1 aliphatic rings. The van der Waals surface area contributed by atoms with Crippen molar-refractivity contribution in [3.8, 4) is 0 Å². The molecule has 0 aliphatic carbocycles. The van der Waals surface area contributed by atoms with E-state index in [0.717, 1.165) is 0 Å². The van der Waals surface area contributed by atoms with Crippen LogP contribution in [0.4, 0.5) is 32.0 Å². The van der Waals surface area contributed by atoms with Crippen LogP contribution in [-0.4, -0.2) is 24.5 Å². The number of benzene rings is 1. The van der Waals surface area contributed by atoms with E-state index in [-0.39, 0.29) is 5.69 Å². The molecular formula is C10H5F6NO2S3. The number of halogens is 6. The third-order valence-corrected chi connectivity index (χ3v) is 6.88. The minimum Gasteiger partial charge on any atom is -0.270 e. The highest BCUT2D eigenvalue weighted by atomic mass is 32.3. The molecular weight excluding hydrogens is 376 g/mol. The zero-order valence-electron chi connectivity index (χ0n) is 10.1. The number of rotatable bonds is 3. The summed E-state index contributed by atoms with van der Waals surface area (Å²) in [6, 6.07) is 6.87. The number of hydrogen-bond donors (Lipinski definition) is 0. The predicted molar refractivity (Wildman–Crippen MR) is 72.1 cm³/mol. The summed E-state index contributed by atoms with van der Waals surface area (Å²) in [5.74, 6) is -1.51. The molecule has 1 aromatic carbocycles. The molecule has 12 heteroatoms. The first-order valence-electron chi connectivity index (χ1n) is 5.32. The van der Waals surface area contributed by atoms with Crippen molar-refractivity contribution in [2.45, 2.75) is 14.4 Å². The first-order chi connectivity index (χ1) is 9.96. The molecule has 0 saturated carbocycles. The fourth-order valence-electron chi connectivity index (χ4n) is 1.62. The number of para-hydroxylation sites is 1. The molecule has 1 atom stereocenters. The molecule has 22 heavy (non-hydrogen) atoms. The van der Waals surface area contributed by atoms with E-state index in [1.54, 1.807) is 0 Å². The van der Waals surface area contributed by atoms with Gasteiger partial charge in [-0.3, -0.25) is 4.79 Å². The monoisotopic (exact) mass is 381 g/mol. The molecule has 1 unspecified atom stereocenters. The Morgan fingerprint density at radius 1 is 0.955 bits per heavy atom. The molecule has 2 rings (SSSR count). The summed E-state index contributed by atoms with van der Waals surface area (Å²) in [5.41, 5.74) is -10.3. The van der Waals surface area contributed by atoms with Crippen LogP contribution >= 0.6 is 23.5 Å². The normalized spacial score (nSPS) is 21.6. The van der Waals surface area contributed by atoms with E-state index in [0.29, 0.717) is 4.31 Å². The molecule has 0 N–H and O–H groups in total. The summed E-state index contributed by atoms with van der Waals surface area (Å²) >= 11 is -2.43. The number of carbonyl (C=O) groups is 1. The van der Waals surface area contributed by atoms with Crippen LogP contribution in [0.1, 0.15) is 0 Å². The van der Waals surface area contributed by atoms with Crippen molar-refractivity contribution in [1.82, 2.24) is 0 Å². The summed E-state index contributed by atoms with van der Waals surface area (Å²) in [6.45, 7) is 0. The average molecular weight is 381 g/mol. The fraction of sp³-hybridized carbons (Fsp3) is 0.300. The molecule has 0 radical (unpaired) electrons. The van der Waals surface area contributed by atoms with Crippen LogP contribution in [0, 0.1) is 0 Å². The lowest BCUT2D eigenvalue weighted by Gasteiger charge is -2.45. The molecule has 1 aliphatic heterocycles. The maximum atomic E-state index is 12.5. The van der Waals surface area contributed by atoms with Crippen molar-refractivity contribution in [2.75, 3.05) is 4.31 Å². The summed E-state index contributed by atoms with van der Waals surface area (Å²) < 4.78 is 84.3. The second-order valence-electron chi connectivity index (χ2n) is 3.84. The summed E-state index contributed by atoms with van der Waals surface area (Å²) in [4.78, 5) is 11.9. The second kappa shape index (κ2) is 5.64. The Morgan fingerprint density at radius 2 is 1.41 bits per heavy atom. The van der Waals surface area contributed by atoms with Gasteiger partial charge in [-0.1, -0.05) is 18.2 Å². The number of anilines is 1. The van der Waals surface area contributed by atoms with Gasteiger partial charge in [0.15, 0.2) is 11.0 Å². The van der Waals surface area contributed by atoms with Crippen LogP contribution in [-0.2, 0) is 15.8 Å². The number of thioether (sulfide) groups is 2. The summed E-state index contributed by atoms with van der Waals surface area (Å²) in [7, 11) is -2.83. The lowest BCUT2D eigenvalue weighted by molar-refractivity contribution is -0.118. The third kappa shape index (κ3) is 3.38. The predicted octanol–water partition coefficient (Wildman–Crippen LogP) is 3.86. The highest BCUT2D eigenvalue weighted by Crippen LogP contribution is 2.60. The minimum absolute atomic E-state index is 0.0352. The highest BCUT2D eigenvalue weighted by Gasteiger charge is 2.70. The number of carbonyl (C=O) groups excluding carboxylic acids is 1. The average Bonchev–Trinajstić information content (AvgIpc) is 2.36. The van der Waals surface area contributed by atoms with Crippen molar-refractivity contribution in [3.63, 3.8) is 0 Å². The van der Waals surface area contributed by atoms with Gasteiger partial charge in [0.25, 0.3) is 9.32 Å². The van der Waals surface area contributed by atoms with E-state index in [1.807, 2.05) is 0 Å². The van der Waals surface area contributed by atoms with E-state index in [9.17, 15) is 35.3 Å². The maximum absolute atomic E-state index is 12.5. The molecule has 1 fully saturated rings. The fourth-order valence-corrected chi connectivity index (χ4v) is 5.97. The quantitative estimate of drug-likeness (QED) is 0.589.